The Hall–Kier alpha value is -1.31. The van der Waals surface area contributed by atoms with Crippen LogP contribution in [0.5, 0.6) is 0 Å². The largest absolute Gasteiger partial charge is 0.411 e. The summed E-state index contributed by atoms with van der Waals surface area (Å²) in [5.41, 5.74) is 3.43. The second-order valence-electron chi connectivity index (χ2n) is 4.33. The molecule has 2 rings (SSSR count). The summed E-state index contributed by atoms with van der Waals surface area (Å²) in [6, 6.07) is 8.39. The van der Waals surface area contributed by atoms with Gasteiger partial charge in [-0.1, -0.05) is 43.3 Å². The van der Waals surface area contributed by atoms with E-state index < -0.39 is 0 Å². The van der Waals surface area contributed by atoms with Crippen molar-refractivity contribution >= 4 is 5.71 Å². The summed E-state index contributed by atoms with van der Waals surface area (Å²) in [6.45, 7) is 4.22. The van der Waals surface area contributed by atoms with Crippen LogP contribution in [0.4, 0.5) is 0 Å². The topological polar surface area (TPSA) is 32.6 Å². The number of aryl methyl sites for hydroxylation is 1. The summed E-state index contributed by atoms with van der Waals surface area (Å²) in [6.07, 6.45) is 1.85. The Kier molecular flexibility index (Phi) is 2.06. The third-order valence-electron chi connectivity index (χ3n) is 3.16. The number of nitrogens with zero attached hydrogens (tertiary/aromatic N) is 1. The molecule has 0 spiro atoms. The number of oxime groups is 1. The van der Waals surface area contributed by atoms with Crippen LogP contribution < -0.4 is 0 Å². The van der Waals surface area contributed by atoms with Crippen molar-refractivity contribution in [2.45, 2.75) is 32.1 Å². The highest BCUT2D eigenvalue weighted by Crippen LogP contribution is 2.34. The van der Waals surface area contributed by atoms with Gasteiger partial charge in [-0.05, 0) is 24.0 Å². The summed E-state index contributed by atoms with van der Waals surface area (Å²) in [5.74, 6) is 0. The first-order valence-electron chi connectivity index (χ1n) is 4.96. The zero-order valence-corrected chi connectivity index (χ0v) is 8.62. The van der Waals surface area contributed by atoms with Crippen LogP contribution in [0.2, 0.25) is 0 Å². The van der Waals surface area contributed by atoms with Crippen molar-refractivity contribution in [3.05, 3.63) is 35.4 Å². The van der Waals surface area contributed by atoms with Gasteiger partial charge in [0.25, 0.3) is 0 Å². The summed E-state index contributed by atoms with van der Waals surface area (Å²) in [5, 5.41) is 12.4. The van der Waals surface area contributed by atoms with Crippen LogP contribution in [0, 0.1) is 0 Å². The molecule has 74 valence electrons. The predicted octanol–water partition coefficient (Wildman–Crippen LogP) is 2.74. The van der Waals surface area contributed by atoms with E-state index in [4.69, 9.17) is 5.21 Å². The number of benzene rings is 1. The molecule has 0 saturated heterocycles. The monoisotopic (exact) mass is 189 g/mol. The second kappa shape index (κ2) is 3.12. The van der Waals surface area contributed by atoms with Gasteiger partial charge in [0, 0.05) is 5.41 Å². The molecule has 0 radical (unpaired) electrons. The maximum Gasteiger partial charge on any atom is 0.0673 e. The van der Waals surface area contributed by atoms with Gasteiger partial charge in [-0.2, -0.15) is 0 Å². The number of hydrogen-bond donors (Lipinski definition) is 1. The van der Waals surface area contributed by atoms with Gasteiger partial charge in [-0.25, -0.2) is 0 Å². The van der Waals surface area contributed by atoms with Crippen molar-refractivity contribution in [1.82, 2.24) is 0 Å². The van der Waals surface area contributed by atoms with Gasteiger partial charge in [-0.15, -0.1) is 0 Å². The van der Waals surface area contributed by atoms with E-state index in [2.05, 4.69) is 37.2 Å². The Morgan fingerprint density at radius 3 is 2.64 bits per heavy atom. The molecule has 2 heteroatoms. The van der Waals surface area contributed by atoms with Crippen LogP contribution in [-0.4, -0.2) is 10.9 Å². The lowest BCUT2D eigenvalue weighted by atomic mass is 9.71. The van der Waals surface area contributed by atoms with Gasteiger partial charge >= 0.3 is 0 Å². The van der Waals surface area contributed by atoms with E-state index in [0.717, 1.165) is 18.6 Å². The summed E-state index contributed by atoms with van der Waals surface area (Å²) >= 11 is 0. The third kappa shape index (κ3) is 1.22. The van der Waals surface area contributed by atoms with Crippen LogP contribution >= 0.6 is 0 Å². The molecule has 0 unspecified atom stereocenters. The highest BCUT2D eigenvalue weighted by atomic mass is 16.4. The highest BCUT2D eigenvalue weighted by Gasteiger charge is 2.33. The molecular weight excluding hydrogens is 174 g/mol. The van der Waals surface area contributed by atoms with Crippen molar-refractivity contribution in [2.75, 3.05) is 0 Å². The Bertz CT molecular complexity index is 380. The van der Waals surface area contributed by atoms with Crippen LogP contribution in [0.15, 0.2) is 29.4 Å². The molecule has 1 aliphatic carbocycles. The molecular formula is C12H15NO. The van der Waals surface area contributed by atoms with E-state index in [9.17, 15) is 0 Å². The van der Waals surface area contributed by atoms with Crippen LogP contribution in [-0.2, 0) is 11.8 Å². The van der Waals surface area contributed by atoms with Gasteiger partial charge in [0.1, 0.15) is 0 Å². The lowest BCUT2D eigenvalue weighted by Gasteiger charge is -2.33. The molecule has 1 aromatic carbocycles. The lowest BCUT2D eigenvalue weighted by Crippen LogP contribution is -2.34. The number of fused-ring (bicyclic) bond motifs is 1. The first kappa shape index (κ1) is 9.25. The quantitative estimate of drug-likeness (QED) is 0.494. The summed E-state index contributed by atoms with van der Waals surface area (Å²) in [4.78, 5) is 0. The van der Waals surface area contributed by atoms with Crippen molar-refractivity contribution < 1.29 is 5.21 Å². The second-order valence-corrected chi connectivity index (χ2v) is 4.33. The van der Waals surface area contributed by atoms with E-state index in [1.807, 2.05) is 6.07 Å². The van der Waals surface area contributed by atoms with Gasteiger partial charge in [0.05, 0.1) is 5.71 Å². The van der Waals surface area contributed by atoms with Crippen molar-refractivity contribution in [1.29, 1.82) is 0 Å². The van der Waals surface area contributed by atoms with Crippen molar-refractivity contribution in [3.63, 3.8) is 0 Å². The Labute approximate surface area is 84.3 Å². The molecule has 2 nitrogen and oxygen atoms in total. The molecule has 1 N–H and O–H groups in total. The Morgan fingerprint density at radius 2 is 1.93 bits per heavy atom. The molecule has 1 aliphatic rings. The molecule has 0 saturated carbocycles. The van der Waals surface area contributed by atoms with Crippen molar-refractivity contribution in [3.8, 4) is 0 Å². The zero-order chi connectivity index (χ0) is 10.2. The number of rotatable bonds is 0. The van der Waals surface area contributed by atoms with Crippen LogP contribution in [0.1, 0.15) is 31.4 Å². The summed E-state index contributed by atoms with van der Waals surface area (Å²) < 4.78 is 0. The average molecular weight is 189 g/mol. The minimum absolute atomic E-state index is 0.121. The SMILES string of the molecule is CC1(C)C(=NO)CCc2ccccc21. The maximum absolute atomic E-state index is 8.94. The molecule has 0 amide bonds. The maximum atomic E-state index is 8.94. The minimum atomic E-state index is -0.121. The van der Waals surface area contributed by atoms with Crippen LogP contribution in [0.3, 0.4) is 0 Å². The van der Waals surface area contributed by atoms with Gasteiger partial charge in [0.15, 0.2) is 0 Å². The fraction of sp³-hybridized carbons (Fsp3) is 0.417. The Morgan fingerprint density at radius 1 is 1.21 bits per heavy atom. The highest BCUT2D eigenvalue weighted by molar-refractivity contribution is 5.95. The first-order valence-corrected chi connectivity index (χ1v) is 4.96. The van der Waals surface area contributed by atoms with E-state index in [-0.39, 0.29) is 5.41 Å². The third-order valence-corrected chi connectivity index (χ3v) is 3.16. The fourth-order valence-corrected chi connectivity index (χ4v) is 2.24. The van der Waals surface area contributed by atoms with Gasteiger partial charge in [-0.3, -0.25) is 0 Å². The molecule has 0 aliphatic heterocycles. The molecule has 0 heterocycles. The molecule has 14 heavy (non-hydrogen) atoms. The molecule has 0 fully saturated rings. The fourth-order valence-electron chi connectivity index (χ4n) is 2.24. The van der Waals surface area contributed by atoms with Crippen LogP contribution in [0.25, 0.3) is 0 Å². The van der Waals surface area contributed by atoms with E-state index in [1.165, 1.54) is 11.1 Å². The number of hydrogen-bond acceptors (Lipinski definition) is 2. The standard InChI is InChI=1S/C12H15NO/c1-12(2)10-6-4-3-5-9(10)7-8-11(12)13-14/h3-6,14H,7-8H2,1-2H3. The molecule has 0 atom stereocenters. The predicted molar refractivity (Wildman–Crippen MR) is 57.0 cm³/mol. The first-order chi connectivity index (χ1) is 6.66. The van der Waals surface area contributed by atoms with E-state index in [1.54, 1.807) is 0 Å². The molecule has 0 bridgehead atoms. The van der Waals surface area contributed by atoms with Gasteiger partial charge in [0.2, 0.25) is 0 Å². The Balaban J connectivity index is 2.57. The lowest BCUT2D eigenvalue weighted by molar-refractivity contribution is 0.311. The average Bonchev–Trinajstić information content (AvgIpc) is 2.18. The zero-order valence-electron chi connectivity index (χ0n) is 8.62. The van der Waals surface area contributed by atoms with E-state index >= 15 is 0 Å². The smallest absolute Gasteiger partial charge is 0.0673 e. The minimum Gasteiger partial charge on any atom is -0.411 e. The van der Waals surface area contributed by atoms with Crippen molar-refractivity contribution in [2.24, 2.45) is 5.16 Å². The summed E-state index contributed by atoms with van der Waals surface area (Å²) in [7, 11) is 0. The molecule has 0 aromatic heterocycles. The van der Waals surface area contributed by atoms with E-state index in [0.29, 0.717) is 0 Å². The molecule has 1 aromatic rings. The van der Waals surface area contributed by atoms with Gasteiger partial charge < -0.3 is 5.21 Å². The normalized spacial score (nSPS) is 22.0.